The van der Waals surface area contributed by atoms with Crippen molar-refractivity contribution in [3.05, 3.63) is 54.9 Å². The van der Waals surface area contributed by atoms with Crippen LogP contribution in [0.25, 0.3) is 16.9 Å². The van der Waals surface area contributed by atoms with Crippen molar-refractivity contribution in [3.63, 3.8) is 0 Å². The lowest BCUT2D eigenvalue weighted by Crippen LogP contribution is -3.00. The third kappa shape index (κ3) is 3.25. The lowest BCUT2D eigenvalue weighted by atomic mass is 10.2. The predicted molar refractivity (Wildman–Crippen MR) is 81.6 cm³/mol. The molecule has 0 saturated carbocycles. The van der Waals surface area contributed by atoms with E-state index in [0.717, 1.165) is 22.7 Å². The molecule has 0 spiro atoms. The zero-order chi connectivity index (χ0) is 13.1. The Morgan fingerprint density at radius 1 is 1.05 bits per heavy atom. The first-order valence-corrected chi connectivity index (χ1v) is 7.52. The summed E-state index contributed by atoms with van der Waals surface area (Å²) in [4.78, 5) is 5.96. The van der Waals surface area contributed by atoms with Crippen LogP contribution in [0.5, 0.6) is 0 Å². The first-order chi connectivity index (χ1) is 9.36. The van der Waals surface area contributed by atoms with E-state index in [9.17, 15) is 0 Å². The fourth-order valence-electron chi connectivity index (χ4n) is 2.02. The number of rotatable bonds is 4. The SMILES string of the molecule is CCCSc1ccc2nc(-c3ccccc3)cn2c1.[Br-]. The third-order valence-electron chi connectivity index (χ3n) is 2.97. The zero-order valence-electron chi connectivity index (χ0n) is 11.3. The van der Waals surface area contributed by atoms with Crippen LogP contribution in [0.4, 0.5) is 0 Å². The summed E-state index contributed by atoms with van der Waals surface area (Å²) in [5, 5.41) is 0. The highest BCUT2D eigenvalue weighted by Gasteiger charge is 2.04. The molecule has 2 heterocycles. The zero-order valence-corrected chi connectivity index (χ0v) is 13.7. The molecule has 4 heteroatoms. The van der Waals surface area contributed by atoms with Crippen LogP contribution in [0.2, 0.25) is 0 Å². The number of fused-ring (bicyclic) bond motifs is 1. The number of hydrogen-bond acceptors (Lipinski definition) is 2. The van der Waals surface area contributed by atoms with Gasteiger partial charge in [-0.25, -0.2) is 4.98 Å². The van der Waals surface area contributed by atoms with Gasteiger partial charge in [-0.1, -0.05) is 37.3 Å². The van der Waals surface area contributed by atoms with Gasteiger partial charge < -0.3 is 21.4 Å². The molecule has 0 amide bonds. The van der Waals surface area contributed by atoms with Crippen molar-refractivity contribution in [1.29, 1.82) is 0 Å². The second kappa shape index (κ2) is 6.95. The summed E-state index contributed by atoms with van der Waals surface area (Å²) in [6.45, 7) is 2.20. The molecule has 0 aliphatic rings. The van der Waals surface area contributed by atoms with E-state index in [0.29, 0.717) is 0 Å². The molecule has 2 nitrogen and oxygen atoms in total. The minimum Gasteiger partial charge on any atom is -1.00 e. The molecule has 20 heavy (non-hydrogen) atoms. The average Bonchev–Trinajstić information content (AvgIpc) is 2.89. The van der Waals surface area contributed by atoms with E-state index in [1.165, 1.54) is 11.3 Å². The van der Waals surface area contributed by atoms with Gasteiger partial charge in [-0.3, -0.25) is 0 Å². The maximum Gasteiger partial charge on any atom is 0.137 e. The third-order valence-corrected chi connectivity index (χ3v) is 4.15. The van der Waals surface area contributed by atoms with Gasteiger partial charge in [0.2, 0.25) is 0 Å². The van der Waals surface area contributed by atoms with E-state index in [1.54, 1.807) is 0 Å². The molecular weight excluding hydrogens is 332 g/mol. The molecule has 0 saturated heterocycles. The van der Waals surface area contributed by atoms with Crippen LogP contribution in [-0.2, 0) is 0 Å². The molecule has 3 aromatic rings. The maximum atomic E-state index is 4.66. The van der Waals surface area contributed by atoms with Gasteiger partial charge in [0.1, 0.15) is 5.65 Å². The quantitative estimate of drug-likeness (QED) is 0.665. The summed E-state index contributed by atoms with van der Waals surface area (Å²) in [7, 11) is 0. The average molecular weight is 348 g/mol. The van der Waals surface area contributed by atoms with Crippen LogP contribution in [-0.4, -0.2) is 15.1 Å². The van der Waals surface area contributed by atoms with E-state index in [-0.39, 0.29) is 17.0 Å². The van der Waals surface area contributed by atoms with Crippen LogP contribution in [0.3, 0.4) is 0 Å². The highest BCUT2D eigenvalue weighted by molar-refractivity contribution is 7.99. The van der Waals surface area contributed by atoms with Crippen molar-refractivity contribution in [2.75, 3.05) is 5.75 Å². The van der Waals surface area contributed by atoms with E-state index in [1.807, 2.05) is 30.0 Å². The monoisotopic (exact) mass is 347 g/mol. The summed E-state index contributed by atoms with van der Waals surface area (Å²) in [6.07, 6.45) is 5.46. The number of halogens is 1. The summed E-state index contributed by atoms with van der Waals surface area (Å²) >= 11 is 1.89. The Morgan fingerprint density at radius 3 is 2.60 bits per heavy atom. The Balaban J connectivity index is 0.00000147. The molecule has 3 rings (SSSR count). The summed E-state index contributed by atoms with van der Waals surface area (Å²) in [5.41, 5.74) is 3.19. The van der Waals surface area contributed by atoms with E-state index in [2.05, 4.69) is 53.0 Å². The second-order valence-corrected chi connectivity index (χ2v) is 5.64. The summed E-state index contributed by atoms with van der Waals surface area (Å²) in [6, 6.07) is 14.5. The molecule has 0 N–H and O–H groups in total. The molecule has 0 unspecified atom stereocenters. The van der Waals surface area contributed by atoms with Gasteiger partial charge in [-0.2, -0.15) is 0 Å². The minimum absolute atomic E-state index is 0. The summed E-state index contributed by atoms with van der Waals surface area (Å²) < 4.78 is 2.11. The van der Waals surface area contributed by atoms with E-state index >= 15 is 0 Å². The Morgan fingerprint density at radius 2 is 1.85 bits per heavy atom. The van der Waals surface area contributed by atoms with Crippen molar-refractivity contribution < 1.29 is 17.0 Å². The Labute approximate surface area is 134 Å². The molecule has 2 aromatic heterocycles. The first-order valence-electron chi connectivity index (χ1n) is 6.54. The lowest BCUT2D eigenvalue weighted by Gasteiger charge is -2.00. The molecule has 0 radical (unpaired) electrons. The highest BCUT2D eigenvalue weighted by atomic mass is 79.9. The molecule has 0 atom stereocenters. The maximum absolute atomic E-state index is 4.66. The smallest absolute Gasteiger partial charge is 0.137 e. The van der Waals surface area contributed by atoms with Gasteiger partial charge >= 0.3 is 0 Å². The van der Waals surface area contributed by atoms with Gasteiger partial charge in [0.15, 0.2) is 0 Å². The molecule has 104 valence electrons. The first kappa shape index (κ1) is 15.1. The standard InChI is InChI=1S/C16H16N2S.BrH/c1-2-10-19-14-8-9-16-17-15(12-18(16)11-14)13-6-4-3-5-7-13;/h3-9,11-12H,2,10H2,1H3;1H/p-1. The number of benzene rings is 1. The van der Waals surface area contributed by atoms with Crippen LogP contribution in [0.15, 0.2) is 59.8 Å². The Kier molecular flexibility index (Phi) is 5.26. The summed E-state index contributed by atoms with van der Waals surface area (Å²) in [5.74, 6) is 1.16. The number of pyridine rings is 1. The lowest BCUT2D eigenvalue weighted by molar-refractivity contribution is -0.00000387. The minimum atomic E-state index is 0. The number of nitrogens with zero attached hydrogens (tertiary/aromatic N) is 2. The van der Waals surface area contributed by atoms with Gasteiger partial charge in [-0.05, 0) is 24.3 Å². The number of hydrogen-bond donors (Lipinski definition) is 0. The molecule has 0 bridgehead atoms. The van der Waals surface area contributed by atoms with Crippen molar-refractivity contribution in [2.24, 2.45) is 0 Å². The predicted octanol–water partition coefficient (Wildman–Crippen LogP) is 1.51. The van der Waals surface area contributed by atoms with Crippen molar-refractivity contribution in [2.45, 2.75) is 18.2 Å². The van der Waals surface area contributed by atoms with Gasteiger partial charge in [0.05, 0.1) is 5.69 Å². The fourth-order valence-corrected chi connectivity index (χ4v) is 2.82. The largest absolute Gasteiger partial charge is 1.00 e. The topological polar surface area (TPSA) is 17.3 Å². The van der Waals surface area contributed by atoms with Crippen molar-refractivity contribution in [3.8, 4) is 11.3 Å². The Bertz CT molecular complexity index is 679. The normalized spacial score (nSPS) is 10.4. The molecule has 0 fully saturated rings. The Hall–Kier alpha value is -1.26. The van der Waals surface area contributed by atoms with Gasteiger partial charge in [-0.15, -0.1) is 11.8 Å². The van der Waals surface area contributed by atoms with E-state index in [4.69, 9.17) is 0 Å². The van der Waals surface area contributed by atoms with Gasteiger partial charge in [0, 0.05) is 22.9 Å². The van der Waals surface area contributed by atoms with Crippen LogP contribution < -0.4 is 17.0 Å². The molecule has 0 aliphatic heterocycles. The molecular formula is C16H16BrN2S-. The van der Waals surface area contributed by atoms with Crippen LogP contribution in [0.1, 0.15) is 13.3 Å². The van der Waals surface area contributed by atoms with Crippen molar-refractivity contribution >= 4 is 17.4 Å². The van der Waals surface area contributed by atoms with Crippen LogP contribution in [0, 0.1) is 0 Å². The highest BCUT2D eigenvalue weighted by Crippen LogP contribution is 2.22. The van der Waals surface area contributed by atoms with E-state index < -0.39 is 0 Å². The fraction of sp³-hybridized carbons (Fsp3) is 0.188. The second-order valence-electron chi connectivity index (χ2n) is 4.47. The molecule has 1 aromatic carbocycles. The van der Waals surface area contributed by atoms with Crippen molar-refractivity contribution in [1.82, 2.24) is 9.38 Å². The molecule has 0 aliphatic carbocycles. The number of thioether (sulfide) groups is 1. The van der Waals surface area contributed by atoms with Gasteiger partial charge in [0.25, 0.3) is 0 Å². The number of aromatic nitrogens is 2. The number of imidazole rings is 1. The van der Waals surface area contributed by atoms with Crippen LogP contribution >= 0.6 is 11.8 Å².